The molecule has 1 rings (SSSR count). The number of hydrogen-bond donors (Lipinski definition) is 1. The minimum Gasteiger partial charge on any atom is -0.491 e. The Kier molecular flexibility index (Phi) is 4.91. The lowest BCUT2D eigenvalue weighted by Crippen LogP contribution is -2.25. The Balaban J connectivity index is 2.40. The number of carbonyl (C=O) groups is 1. The zero-order valence-corrected chi connectivity index (χ0v) is 10.6. The fraction of sp³-hybridized carbons (Fsp3) is 0.300. The van der Waals surface area contributed by atoms with Crippen molar-refractivity contribution in [2.45, 2.75) is 6.92 Å². The first-order valence-corrected chi connectivity index (χ1v) is 5.59. The lowest BCUT2D eigenvalue weighted by molar-refractivity contribution is -0.119. The van der Waals surface area contributed by atoms with Crippen LogP contribution in [0.2, 0.25) is 5.02 Å². The van der Waals surface area contributed by atoms with Crippen LogP contribution in [0.25, 0.3) is 0 Å². The Bertz CT molecular complexity index is 357. The van der Waals surface area contributed by atoms with E-state index in [1.807, 2.05) is 0 Å². The smallest absolute Gasteiger partial charge is 0.216 e. The maximum Gasteiger partial charge on any atom is 0.216 e. The van der Waals surface area contributed by atoms with Crippen LogP contribution in [-0.2, 0) is 4.79 Å². The molecular weight excluding hydrogens is 281 g/mol. The van der Waals surface area contributed by atoms with E-state index in [9.17, 15) is 4.79 Å². The molecule has 0 aromatic heterocycles. The van der Waals surface area contributed by atoms with Crippen molar-refractivity contribution in [1.82, 2.24) is 5.32 Å². The number of carbonyl (C=O) groups excluding carboxylic acids is 1. The second-order valence-corrected chi connectivity index (χ2v) is 4.20. The summed E-state index contributed by atoms with van der Waals surface area (Å²) in [6, 6.07) is 5.29. The summed E-state index contributed by atoms with van der Waals surface area (Å²) in [6.07, 6.45) is 0. The second-order valence-electron chi connectivity index (χ2n) is 2.91. The van der Waals surface area contributed by atoms with Gasteiger partial charge in [0.25, 0.3) is 0 Å². The van der Waals surface area contributed by atoms with Gasteiger partial charge in [0.1, 0.15) is 12.4 Å². The fourth-order valence-electron chi connectivity index (χ4n) is 0.980. The van der Waals surface area contributed by atoms with Crippen LogP contribution in [-0.4, -0.2) is 19.1 Å². The highest BCUT2D eigenvalue weighted by Crippen LogP contribution is 2.27. The molecule has 0 aliphatic rings. The molecule has 0 aliphatic carbocycles. The second kappa shape index (κ2) is 5.98. The van der Waals surface area contributed by atoms with Gasteiger partial charge >= 0.3 is 0 Å². The Morgan fingerprint density at radius 2 is 2.33 bits per heavy atom. The molecule has 0 radical (unpaired) electrons. The van der Waals surface area contributed by atoms with Gasteiger partial charge in [0.2, 0.25) is 5.91 Å². The van der Waals surface area contributed by atoms with Crippen molar-refractivity contribution in [3.05, 3.63) is 27.7 Å². The standard InChI is InChI=1S/C10H11BrClNO2/c1-7(14)13-4-5-15-10-3-2-8(12)6-9(10)11/h2-3,6H,4-5H2,1H3,(H,13,14). The van der Waals surface area contributed by atoms with Gasteiger partial charge in [-0.2, -0.15) is 0 Å². The Morgan fingerprint density at radius 1 is 1.60 bits per heavy atom. The summed E-state index contributed by atoms with van der Waals surface area (Å²) in [7, 11) is 0. The van der Waals surface area contributed by atoms with Crippen molar-refractivity contribution >= 4 is 33.4 Å². The van der Waals surface area contributed by atoms with E-state index in [0.29, 0.717) is 23.9 Å². The summed E-state index contributed by atoms with van der Waals surface area (Å²) < 4.78 is 6.23. The van der Waals surface area contributed by atoms with Gasteiger partial charge < -0.3 is 10.1 Å². The monoisotopic (exact) mass is 291 g/mol. The first-order valence-electron chi connectivity index (χ1n) is 4.42. The number of halogens is 2. The first kappa shape index (κ1) is 12.3. The predicted molar refractivity (Wildman–Crippen MR) is 63.3 cm³/mol. The van der Waals surface area contributed by atoms with Crippen LogP contribution in [0.5, 0.6) is 5.75 Å². The van der Waals surface area contributed by atoms with Gasteiger partial charge in [-0.15, -0.1) is 0 Å². The van der Waals surface area contributed by atoms with E-state index >= 15 is 0 Å². The molecule has 82 valence electrons. The third kappa shape index (κ3) is 4.53. The number of rotatable bonds is 4. The number of amides is 1. The maximum absolute atomic E-state index is 10.6. The minimum atomic E-state index is -0.0613. The van der Waals surface area contributed by atoms with Crippen LogP contribution >= 0.6 is 27.5 Å². The van der Waals surface area contributed by atoms with Crippen molar-refractivity contribution in [3.63, 3.8) is 0 Å². The van der Waals surface area contributed by atoms with Gasteiger partial charge in [-0.1, -0.05) is 11.6 Å². The van der Waals surface area contributed by atoms with Gasteiger partial charge in [-0.05, 0) is 34.1 Å². The summed E-state index contributed by atoms with van der Waals surface area (Å²) in [5.41, 5.74) is 0. The average Bonchev–Trinajstić information content (AvgIpc) is 2.14. The zero-order valence-electron chi connectivity index (χ0n) is 8.22. The van der Waals surface area contributed by atoms with E-state index in [1.165, 1.54) is 6.92 Å². The minimum absolute atomic E-state index is 0.0613. The molecule has 0 aliphatic heterocycles. The van der Waals surface area contributed by atoms with Gasteiger partial charge in [-0.25, -0.2) is 0 Å². The summed E-state index contributed by atoms with van der Waals surface area (Å²) in [5.74, 6) is 0.651. The molecule has 0 atom stereocenters. The predicted octanol–water partition coefficient (Wildman–Crippen LogP) is 2.62. The van der Waals surface area contributed by atoms with Crippen molar-refractivity contribution in [1.29, 1.82) is 0 Å². The number of hydrogen-bond acceptors (Lipinski definition) is 2. The van der Waals surface area contributed by atoms with Crippen LogP contribution in [0.15, 0.2) is 22.7 Å². The van der Waals surface area contributed by atoms with Gasteiger partial charge in [0.15, 0.2) is 0 Å². The Hall–Kier alpha value is -0.740. The van der Waals surface area contributed by atoms with E-state index in [0.717, 1.165) is 4.47 Å². The normalized spacial score (nSPS) is 9.80. The first-order chi connectivity index (χ1) is 7.09. The van der Waals surface area contributed by atoms with Crippen LogP contribution in [0.1, 0.15) is 6.92 Å². The average molecular weight is 293 g/mol. The van der Waals surface area contributed by atoms with E-state index in [4.69, 9.17) is 16.3 Å². The molecule has 0 heterocycles. The van der Waals surface area contributed by atoms with Gasteiger partial charge in [0, 0.05) is 11.9 Å². The molecule has 1 N–H and O–H groups in total. The Labute approximate surface area is 102 Å². The quantitative estimate of drug-likeness (QED) is 0.866. The summed E-state index contributed by atoms with van der Waals surface area (Å²) in [4.78, 5) is 10.6. The van der Waals surface area contributed by atoms with Gasteiger partial charge in [0.05, 0.1) is 11.0 Å². The topological polar surface area (TPSA) is 38.3 Å². The molecule has 3 nitrogen and oxygen atoms in total. The van der Waals surface area contributed by atoms with Crippen LogP contribution < -0.4 is 10.1 Å². The summed E-state index contributed by atoms with van der Waals surface area (Å²) in [5, 5.41) is 3.29. The molecule has 0 spiro atoms. The zero-order chi connectivity index (χ0) is 11.3. The van der Waals surface area contributed by atoms with Crippen LogP contribution in [0.3, 0.4) is 0 Å². The largest absolute Gasteiger partial charge is 0.491 e. The summed E-state index contributed by atoms with van der Waals surface area (Å²) >= 11 is 9.11. The molecule has 1 aromatic rings. The Morgan fingerprint density at radius 3 is 2.93 bits per heavy atom. The van der Waals surface area contributed by atoms with Gasteiger partial charge in [-0.3, -0.25) is 4.79 Å². The lowest BCUT2D eigenvalue weighted by atomic mass is 10.3. The highest BCUT2D eigenvalue weighted by atomic mass is 79.9. The third-order valence-electron chi connectivity index (χ3n) is 1.63. The summed E-state index contributed by atoms with van der Waals surface area (Å²) in [6.45, 7) is 2.39. The highest BCUT2D eigenvalue weighted by Gasteiger charge is 2.01. The SMILES string of the molecule is CC(=O)NCCOc1ccc(Cl)cc1Br. The number of benzene rings is 1. The molecular formula is C10H11BrClNO2. The van der Waals surface area contributed by atoms with Crippen LogP contribution in [0.4, 0.5) is 0 Å². The highest BCUT2D eigenvalue weighted by molar-refractivity contribution is 9.10. The van der Waals surface area contributed by atoms with Crippen molar-refractivity contribution in [2.75, 3.05) is 13.2 Å². The van der Waals surface area contributed by atoms with E-state index < -0.39 is 0 Å². The van der Waals surface area contributed by atoms with Crippen LogP contribution in [0, 0.1) is 0 Å². The third-order valence-corrected chi connectivity index (χ3v) is 2.48. The number of nitrogens with one attached hydrogen (secondary N) is 1. The van der Waals surface area contributed by atoms with E-state index in [1.54, 1.807) is 18.2 Å². The fourth-order valence-corrected chi connectivity index (χ4v) is 1.78. The molecule has 0 bridgehead atoms. The van der Waals surface area contributed by atoms with Crippen molar-refractivity contribution < 1.29 is 9.53 Å². The molecule has 1 amide bonds. The molecule has 0 saturated carbocycles. The van der Waals surface area contributed by atoms with E-state index in [-0.39, 0.29) is 5.91 Å². The number of ether oxygens (including phenoxy) is 1. The molecule has 0 saturated heterocycles. The van der Waals surface area contributed by atoms with Crippen molar-refractivity contribution in [2.24, 2.45) is 0 Å². The van der Waals surface area contributed by atoms with E-state index in [2.05, 4.69) is 21.2 Å². The molecule has 1 aromatic carbocycles. The molecule has 0 fully saturated rings. The molecule has 5 heteroatoms. The lowest BCUT2D eigenvalue weighted by Gasteiger charge is -2.08. The molecule has 0 unspecified atom stereocenters. The van der Waals surface area contributed by atoms with Crippen molar-refractivity contribution in [3.8, 4) is 5.75 Å². The molecule has 15 heavy (non-hydrogen) atoms. The maximum atomic E-state index is 10.6.